The van der Waals surface area contributed by atoms with E-state index in [-0.39, 0.29) is 12.5 Å². The number of aliphatic hydroxyl groups excluding tert-OH is 1. The highest BCUT2D eigenvalue weighted by molar-refractivity contribution is 5.92. The highest BCUT2D eigenvalue weighted by atomic mass is 16.3. The van der Waals surface area contributed by atoms with Crippen LogP contribution in [0.1, 0.15) is 30.3 Å². The second-order valence-electron chi connectivity index (χ2n) is 6.70. The van der Waals surface area contributed by atoms with Crippen molar-refractivity contribution in [1.82, 2.24) is 25.0 Å². The molecule has 1 unspecified atom stereocenters. The minimum Gasteiger partial charge on any atom is -0.390 e. The number of piperidine rings is 1. The quantitative estimate of drug-likeness (QED) is 0.820. The van der Waals surface area contributed by atoms with Crippen molar-refractivity contribution >= 4 is 5.91 Å². The molecule has 134 valence electrons. The molecule has 2 aromatic rings. The summed E-state index contributed by atoms with van der Waals surface area (Å²) in [5.41, 5.74) is 1.08. The number of rotatable bonds is 6. The van der Waals surface area contributed by atoms with Gasteiger partial charge in [-0.05, 0) is 50.0 Å². The summed E-state index contributed by atoms with van der Waals surface area (Å²) in [7, 11) is 0. The molecule has 0 aliphatic carbocycles. The van der Waals surface area contributed by atoms with Gasteiger partial charge in [0.15, 0.2) is 0 Å². The Bertz CT molecular complexity index is 681. The number of pyridine rings is 1. The number of nitrogens with one attached hydrogen (secondary N) is 1. The third-order valence-electron chi connectivity index (χ3n) is 4.59. The molecule has 1 saturated heterocycles. The average Bonchev–Trinajstić information content (AvgIpc) is 3.16. The van der Waals surface area contributed by atoms with Gasteiger partial charge in [0.2, 0.25) is 0 Å². The van der Waals surface area contributed by atoms with E-state index >= 15 is 0 Å². The molecule has 7 heteroatoms. The van der Waals surface area contributed by atoms with Crippen molar-refractivity contribution < 1.29 is 9.90 Å². The number of amides is 1. The van der Waals surface area contributed by atoms with Crippen molar-refractivity contribution in [2.75, 3.05) is 26.2 Å². The molecule has 7 nitrogen and oxygen atoms in total. The summed E-state index contributed by atoms with van der Waals surface area (Å²) in [6.07, 6.45) is 6.83. The van der Waals surface area contributed by atoms with Crippen LogP contribution in [0.15, 0.2) is 36.8 Å². The maximum atomic E-state index is 12.3. The van der Waals surface area contributed by atoms with Gasteiger partial charge in [-0.2, -0.15) is 5.10 Å². The highest BCUT2D eigenvalue weighted by Gasteiger charge is 2.19. The second-order valence-corrected chi connectivity index (χ2v) is 6.70. The van der Waals surface area contributed by atoms with E-state index in [0.29, 0.717) is 12.2 Å². The van der Waals surface area contributed by atoms with Gasteiger partial charge in [-0.15, -0.1) is 0 Å². The molecule has 0 saturated carbocycles. The average molecular weight is 343 g/mol. The number of nitrogens with zero attached hydrogens (tertiary/aromatic N) is 4. The fourth-order valence-corrected chi connectivity index (χ4v) is 3.02. The molecule has 3 heterocycles. The van der Waals surface area contributed by atoms with Crippen molar-refractivity contribution in [2.45, 2.75) is 25.9 Å². The highest BCUT2D eigenvalue weighted by Crippen LogP contribution is 2.15. The molecule has 1 fully saturated rings. The Morgan fingerprint density at radius 2 is 2.20 bits per heavy atom. The summed E-state index contributed by atoms with van der Waals surface area (Å²) in [6, 6.07) is 5.29. The fourth-order valence-electron chi connectivity index (χ4n) is 3.02. The standard InChI is InChI=1S/C18H25N5O2/c1-14-4-9-22(10-5-14)13-16(24)12-20-18(25)17-11-15(3-7-19-17)23-8-2-6-21-23/h2-3,6-8,11,14,16,24H,4-5,9-10,12-13H2,1H3,(H,20,25). The Morgan fingerprint density at radius 3 is 2.92 bits per heavy atom. The van der Waals surface area contributed by atoms with E-state index in [4.69, 9.17) is 0 Å². The van der Waals surface area contributed by atoms with Gasteiger partial charge in [-0.25, -0.2) is 4.68 Å². The van der Waals surface area contributed by atoms with Crippen LogP contribution in [0.2, 0.25) is 0 Å². The number of likely N-dealkylation sites (tertiary alicyclic amines) is 1. The molecule has 1 aliphatic rings. The van der Waals surface area contributed by atoms with E-state index in [9.17, 15) is 9.90 Å². The monoisotopic (exact) mass is 343 g/mol. The van der Waals surface area contributed by atoms with Crippen LogP contribution in [-0.2, 0) is 0 Å². The maximum Gasteiger partial charge on any atom is 0.270 e. The molecule has 0 bridgehead atoms. The third kappa shape index (κ3) is 4.87. The summed E-state index contributed by atoms with van der Waals surface area (Å²) in [4.78, 5) is 18.6. The summed E-state index contributed by atoms with van der Waals surface area (Å²) >= 11 is 0. The Balaban J connectivity index is 1.50. The number of β-amino-alcohol motifs (C(OH)–C–C–N with tert-alkyl or cyclic N) is 1. The van der Waals surface area contributed by atoms with Crippen molar-refractivity contribution in [3.05, 3.63) is 42.5 Å². The van der Waals surface area contributed by atoms with Gasteiger partial charge in [0.05, 0.1) is 11.8 Å². The summed E-state index contributed by atoms with van der Waals surface area (Å²) in [5, 5.41) is 17.1. The molecule has 1 atom stereocenters. The van der Waals surface area contributed by atoms with Crippen LogP contribution in [-0.4, -0.2) is 63.0 Å². The number of carbonyl (C=O) groups excluding carboxylic acids is 1. The van der Waals surface area contributed by atoms with E-state index in [1.54, 1.807) is 35.4 Å². The van der Waals surface area contributed by atoms with Crippen LogP contribution >= 0.6 is 0 Å². The molecule has 1 aliphatic heterocycles. The van der Waals surface area contributed by atoms with Crippen LogP contribution in [0.4, 0.5) is 0 Å². The Hall–Kier alpha value is -2.25. The molecule has 0 radical (unpaired) electrons. The van der Waals surface area contributed by atoms with Crippen LogP contribution in [0.25, 0.3) is 5.69 Å². The zero-order chi connectivity index (χ0) is 17.6. The van der Waals surface area contributed by atoms with Gasteiger partial charge in [-0.1, -0.05) is 6.92 Å². The number of aromatic nitrogens is 3. The van der Waals surface area contributed by atoms with Crippen molar-refractivity contribution in [1.29, 1.82) is 0 Å². The van der Waals surface area contributed by atoms with E-state index < -0.39 is 6.10 Å². The molecule has 0 aromatic carbocycles. The molecule has 0 spiro atoms. The van der Waals surface area contributed by atoms with Crippen molar-refractivity contribution in [3.8, 4) is 5.69 Å². The molecular weight excluding hydrogens is 318 g/mol. The number of hydrogen-bond donors (Lipinski definition) is 2. The first kappa shape index (κ1) is 17.6. The first-order valence-electron chi connectivity index (χ1n) is 8.76. The molecule has 25 heavy (non-hydrogen) atoms. The number of hydrogen-bond acceptors (Lipinski definition) is 5. The van der Waals surface area contributed by atoms with Gasteiger partial charge in [0.25, 0.3) is 5.91 Å². The number of aliphatic hydroxyl groups is 1. The zero-order valence-corrected chi connectivity index (χ0v) is 14.5. The van der Waals surface area contributed by atoms with Gasteiger partial charge in [0, 0.05) is 31.7 Å². The van der Waals surface area contributed by atoms with Gasteiger partial charge in [0.1, 0.15) is 5.69 Å². The first-order chi connectivity index (χ1) is 12.1. The van der Waals surface area contributed by atoms with Gasteiger partial charge >= 0.3 is 0 Å². The lowest BCUT2D eigenvalue weighted by molar-refractivity contribution is 0.0792. The predicted molar refractivity (Wildman–Crippen MR) is 94.5 cm³/mol. The topological polar surface area (TPSA) is 83.3 Å². The minimum atomic E-state index is -0.577. The summed E-state index contributed by atoms with van der Waals surface area (Å²) in [6.45, 7) is 5.10. The van der Waals surface area contributed by atoms with Crippen molar-refractivity contribution in [2.24, 2.45) is 5.92 Å². The van der Waals surface area contributed by atoms with E-state index in [1.807, 2.05) is 6.07 Å². The first-order valence-corrected chi connectivity index (χ1v) is 8.76. The molecule has 2 N–H and O–H groups in total. The Labute approximate surface area is 147 Å². The SMILES string of the molecule is CC1CCN(CC(O)CNC(=O)c2cc(-n3cccn3)ccn2)CC1. The molecule has 2 aromatic heterocycles. The maximum absolute atomic E-state index is 12.3. The van der Waals surface area contributed by atoms with Crippen LogP contribution in [0.5, 0.6) is 0 Å². The van der Waals surface area contributed by atoms with E-state index in [0.717, 1.165) is 24.7 Å². The van der Waals surface area contributed by atoms with Gasteiger partial charge < -0.3 is 15.3 Å². The molecule has 3 rings (SSSR count). The Morgan fingerprint density at radius 1 is 1.40 bits per heavy atom. The lowest BCUT2D eigenvalue weighted by Crippen LogP contribution is -2.43. The predicted octanol–water partition coefficient (Wildman–Crippen LogP) is 1.09. The molecule has 1 amide bonds. The molecular formula is C18H25N5O2. The summed E-state index contributed by atoms with van der Waals surface area (Å²) < 4.78 is 1.67. The summed E-state index contributed by atoms with van der Waals surface area (Å²) in [5.74, 6) is 0.474. The number of carbonyl (C=O) groups is 1. The van der Waals surface area contributed by atoms with Crippen LogP contribution < -0.4 is 5.32 Å². The van der Waals surface area contributed by atoms with E-state index in [1.165, 1.54) is 12.8 Å². The Kier molecular flexibility index (Phi) is 5.78. The third-order valence-corrected chi connectivity index (χ3v) is 4.59. The lowest BCUT2D eigenvalue weighted by atomic mass is 9.99. The normalized spacial score (nSPS) is 17.4. The largest absolute Gasteiger partial charge is 0.390 e. The fraction of sp³-hybridized carbons (Fsp3) is 0.500. The van der Waals surface area contributed by atoms with Crippen molar-refractivity contribution in [3.63, 3.8) is 0 Å². The van der Waals surface area contributed by atoms with Crippen LogP contribution in [0, 0.1) is 5.92 Å². The van der Waals surface area contributed by atoms with E-state index in [2.05, 4.69) is 27.2 Å². The zero-order valence-electron chi connectivity index (χ0n) is 14.5. The smallest absolute Gasteiger partial charge is 0.270 e. The lowest BCUT2D eigenvalue weighted by Gasteiger charge is -2.31. The van der Waals surface area contributed by atoms with Crippen LogP contribution in [0.3, 0.4) is 0 Å². The van der Waals surface area contributed by atoms with Gasteiger partial charge in [-0.3, -0.25) is 9.78 Å². The second kappa shape index (κ2) is 8.22. The minimum absolute atomic E-state index is 0.221.